The summed E-state index contributed by atoms with van der Waals surface area (Å²) in [6.07, 6.45) is 0. The third kappa shape index (κ3) is 3.30. The lowest BCUT2D eigenvalue weighted by Crippen LogP contribution is -2.47. The molecule has 1 N–H and O–H groups in total. The molecule has 0 fully saturated rings. The molecule has 4 aliphatic rings. The highest BCUT2D eigenvalue weighted by Crippen LogP contribution is 2.58. The second-order valence-electron chi connectivity index (χ2n) is 12.9. The quantitative estimate of drug-likeness (QED) is 0.0941. The predicted octanol–water partition coefficient (Wildman–Crippen LogP) is 8.01. The van der Waals surface area contributed by atoms with Crippen LogP contribution in [0.15, 0.2) is 102 Å². The van der Waals surface area contributed by atoms with Crippen molar-refractivity contribution < 1.29 is 21.4 Å². The second kappa shape index (κ2) is 10.4. The molecule has 7 aromatic carbocycles. The van der Waals surface area contributed by atoms with Crippen molar-refractivity contribution in [2.24, 2.45) is 0 Å². The number of aromatic nitrogens is 4. The first-order valence-corrected chi connectivity index (χ1v) is 21.1. The first kappa shape index (κ1) is 32.7. The van der Waals surface area contributed by atoms with Crippen molar-refractivity contribution in [2.45, 2.75) is 61.1 Å². The van der Waals surface area contributed by atoms with Crippen LogP contribution in [0, 0.1) is 0 Å². The predicted molar refractivity (Wildman–Crippen MR) is 213 cm³/mol. The van der Waals surface area contributed by atoms with Crippen LogP contribution in [-0.4, -0.2) is 31.2 Å². The van der Waals surface area contributed by atoms with Gasteiger partial charge in [0.25, 0.3) is 5.56 Å². The molecular weight excluding hydrogens is 721 g/mol. The molecule has 0 spiro atoms. The van der Waals surface area contributed by atoms with Crippen LogP contribution >= 0.6 is 0 Å². The number of H-pyrrole nitrogens is 1. The SMILES string of the molecule is CC.CC.CC.O=c1c2cc3c4c5c(cc6c7nc8ccccc8[n+]-7c(=O)c7cc8c(c9c(cc(c2c49)c2[nH]c4ccccc4n12)S8(=O)=O)c5c67)S3(=O)=O. The van der Waals surface area contributed by atoms with Gasteiger partial charge in [-0.25, -0.2) is 21.6 Å². The molecule has 12 heteroatoms. The fraction of sp³-hybridized carbons (Fsp3) is 0.143. The lowest BCUT2D eigenvalue weighted by atomic mass is 9.86. The third-order valence-electron chi connectivity index (χ3n) is 10.9. The van der Waals surface area contributed by atoms with Crippen LogP contribution in [0.4, 0.5) is 0 Å². The zero-order chi connectivity index (χ0) is 37.9. The van der Waals surface area contributed by atoms with E-state index in [0.29, 0.717) is 87.4 Å². The summed E-state index contributed by atoms with van der Waals surface area (Å²) < 4.78 is 61.6. The second-order valence-corrected chi connectivity index (χ2v) is 16.7. The molecule has 54 heavy (non-hydrogen) atoms. The third-order valence-corrected chi connectivity index (χ3v) is 14.5. The molecule has 0 radical (unpaired) electrons. The van der Waals surface area contributed by atoms with E-state index in [-0.39, 0.29) is 30.4 Å². The van der Waals surface area contributed by atoms with Gasteiger partial charge in [0.1, 0.15) is 5.65 Å². The minimum atomic E-state index is -4.20. The highest BCUT2D eigenvalue weighted by Gasteiger charge is 2.44. The monoisotopic (exact) mass is 751 g/mol. The van der Waals surface area contributed by atoms with Crippen molar-refractivity contribution in [1.82, 2.24) is 14.4 Å². The molecule has 0 unspecified atom stereocenters. The van der Waals surface area contributed by atoms with E-state index < -0.39 is 30.8 Å². The van der Waals surface area contributed by atoms with Crippen molar-refractivity contribution in [1.29, 1.82) is 0 Å². The number of hydrogen-bond acceptors (Lipinski definition) is 7. The number of nitrogens with one attached hydrogen (secondary N) is 1. The number of fused-ring (bicyclic) bond motifs is 8. The van der Waals surface area contributed by atoms with E-state index in [1.165, 1.54) is 21.1 Å². The maximum Gasteiger partial charge on any atom is 0.347 e. The molecule has 6 heterocycles. The van der Waals surface area contributed by atoms with Gasteiger partial charge in [-0.05, 0) is 53.5 Å². The smallest absolute Gasteiger partial charge is 0.339 e. The first-order chi connectivity index (χ1) is 26.2. The summed E-state index contributed by atoms with van der Waals surface area (Å²) in [7, 11) is -8.40. The van der Waals surface area contributed by atoms with Crippen LogP contribution in [0.2, 0.25) is 0 Å². The molecule has 266 valence electrons. The van der Waals surface area contributed by atoms with Gasteiger partial charge in [-0.15, -0.1) is 4.57 Å². The maximum atomic E-state index is 14.7. The van der Waals surface area contributed by atoms with Gasteiger partial charge in [0, 0.05) is 48.5 Å². The Bertz CT molecular complexity index is 3730. The molecular formula is C42H31N4O6S2+. The van der Waals surface area contributed by atoms with E-state index in [2.05, 4.69) is 4.98 Å². The van der Waals surface area contributed by atoms with Crippen molar-refractivity contribution in [3.8, 4) is 5.82 Å². The molecule has 13 rings (SSSR count). The summed E-state index contributed by atoms with van der Waals surface area (Å²) in [6, 6.07) is 20.4. The Balaban J connectivity index is 0.000000576. The molecule has 0 bridgehead atoms. The topological polar surface area (TPSA) is 139 Å². The highest BCUT2D eigenvalue weighted by atomic mass is 32.2. The Morgan fingerprint density at radius 3 is 1.70 bits per heavy atom. The van der Waals surface area contributed by atoms with E-state index >= 15 is 0 Å². The Hall–Kier alpha value is -5.98. The molecule has 2 aromatic heterocycles. The summed E-state index contributed by atoms with van der Waals surface area (Å²) >= 11 is 0. The molecule has 0 saturated heterocycles. The van der Waals surface area contributed by atoms with E-state index in [1.54, 1.807) is 48.5 Å². The average molecular weight is 752 g/mol. The molecule has 10 nitrogen and oxygen atoms in total. The summed E-state index contributed by atoms with van der Waals surface area (Å²) in [5, 5.41) is 4.64. The molecule has 0 atom stereocenters. The summed E-state index contributed by atoms with van der Waals surface area (Å²) in [5.41, 5.74) is 1.92. The van der Waals surface area contributed by atoms with Crippen molar-refractivity contribution in [3.05, 3.63) is 93.5 Å². The molecule has 9 aromatic rings. The fourth-order valence-corrected chi connectivity index (χ4v) is 12.5. The van der Waals surface area contributed by atoms with Gasteiger partial charge in [-0.2, -0.15) is 0 Å². The van der Waals surface area contributed by atoms with Crippen molar-refractivity contribution in [3.63, 3.8) is 0 Å². The Morgan fingerprint density at radius 2 is 1.07 bits per heavy atom. The lowest BCUT2D eigenvalue weighted by molar-refractivity contribution is -0.580. The lowest BCUT2D eigenvalue weighted by Gasteiger charge is -2.16. The number of sulfone groups is 2. The Labute approximate surface area is 307 Å². The number of aromatic amines is 1. The standard InChI is InChI=1S/C36H12N4O6S2.3C2H6/c41-35-15-11-23-29-28-22(48(23,45)46)10-14-26-16(36(42)40-20-8-4-2-6-18(20)38-34(14)40)12-24-30(32(26)28)27-21(47(24,43)44)9-13(25(15)31(27)29)33-37-17-5-1-3-7-19(17)39(33)35;3*1-2/h1-12H;3*1-2H3/p+1. The number of para-hydroxylation sites is 4. The minimum Gasteiger partial charge on any atom is -0.339 e. The van der Waals surface area contributed by atoms with Gasteiger partial charge < -0.3 is 4.98 Å². The minimum absolute atomic E-state index is 0.0102. The summed E-state index contributed by atoms with van der Waals surface area (Å²) in [5.74, 6) is 0.297. The number of benzene rings is 7. The van der Waals surface area contributed by atoms with Crippen LogP contribution in [0.1, 0.15) is 41.5 Å². The molecule has 0 amide bonds. The average Bonchev–Trinajstić information content (AvgIpc) is 3.91. The van der Waals surface area contributed by atoms with Gasteiger partial charge >= 0.3 is 11.4 Å². The van der Waals surface area contributed by atoms with E-state index in [9.17, 15) is 26.4 Å². The van der Waals surface area contributed by atoms with Crippen molar-refractivity contribution in [2.75, 3.05) is 0 Å². The molecule has 0 saturated carbocycles. The van der Waals surface area contributed by atoms with Gasteiger partial charge in [0.05, 0.1) is 46.8 Å². The van der Waals surface area contributed by atoms with Gasteiger partial charge in [0.2, 0.25) is 25.2 Å². The number of imidazole rings is 2. The number of rotatable bonds is 0. The van der Waals surface area contributed by atoms with Gasteiger partial charge in [-0.3, -0.25) is 9.20 Å². The Morgan fingerprint density at radius 1 is 0.574 bits per heavy atom. The van der Waals surface area contributed by atoms with Crippen LogP contribution in [0.3, 0.4) is 0 Å². The van der Waals surface area contributed by atoms with Crippen molar-refractivity contribution >= 4 is 112 Å². The van der Waals surface area contributed by atoms with E-state index in [1.807, 2.05) is 53.7 Å². The number of hydrogen-bond donors (Lipinski definition) is 1. The zero-order valence-corrected chi connectivity index (χ0v) is 31.7. The maximum absolute atomic E-state index is 14.7. The van der Waals surface area contributed by atoms with E-state index in [0.717, 1.165) is 0 Å². The van der Waals surface area contributed by atoms with Crippen LogP contribution in [-0.2, 0) is 19.7 Å². The van der Waals surface area contributed by atoms with Gasteiger partial charge in [-0.1, -0.05) is 65.8 Å². The Kier molecular flexibility index (Phi) is 6.27. The highest BCUT2D eigenvalue weighted by molar-refractivity contribution is 7.93. The van der Waals surface area contributed by atoms with Crippen LogP contribution in [0.5, 0.6) is 0 Å². The van der Waals surface area contributed by atoms with E-state index in [4.69, 9.17) is 4.98 Å². The largest absolute Gasteiger partial charge is 0.347 e. The van der Waals surface area contributed by atoms with Gasteiger partial charge in [0.15, 0.2) is 5.52 Å². The van der Waals surface area contributed by atoms with Crippen LogP contribution < -0.4 is 15.7 Å². The normalized spacial score (nSPS) is 14.9. The van der Waals surface area contributed by atoms with Crippen LogP contribution in [0.25, 0.3) is 98.2 Å². The fourth-order valence-electron chi connectivity index (χ4n) is 9.08. The summed E-state index contributed by atoms with van der Waals surface area (Å²) in [4.78, 5) is 36.8. The number of nitrogens with zero attached hydrogens (tertiary/aromatic N) is 3. The number of pyridine rings is 2. The zero-order valence-electron chi connectivity index (χ0n) is 30.0. The first-order valence-electron chi connectivity index (χ1n) is 18.1. The molecule has 4 aliphatic heterocycles. The summed E-state index contributed by atoms with van der Waals surface area (Å²) in [6.45, 7) is 12.0. The molecule has 0 aliphatic carbocycles.